The monoisotopic (exact) mass is 244 g/mol. The highest BCUT2D eigenvalue weighted by Crippen LogP contribution is 2.13. The lowest BCUT2D eigenvalue weighted by Crippen LogP contribution is -1.82. The van der Waals surface area contributed by atoms with Crippen LogP contribution < -0.4 is 0 Å². The summed E-state index contributed by atoms with van der Waals surface area (Å²) in [6.07, 6.45) is 17.9. The fraction of sp³-hybridized carbons (Fsp3) is 0.875. The summed E-state index contributed by atoms with van der Waals surface area (Å²) in [4.78, 5) is 0. The normalized spacial score (nSPS) is 11.4. The first-order chi connectivity index (χ1) is 7.81. The molecule has 0 saturated carbocycles. The predicted octanol–water partition coefficient (Wildman–Crippen LogP) is 6.42. The van der Waals surface area contributed by atoms with Gasteiger partial charge in [0.1, 0.15) is 0 Å². The van der Waals surface area contributed by atoms with E-state index in [4.69, 9.17) is 0 Å². The molecule has 0 aromatic carbocycles. The number of halogens is 1. The van der Waals surface area contributed by atoms with E-state index in [-0.39, 0.29) is 4.70 Å². The Balaban J connectivity index is 0. The first kappa shape index (κ1) is 19.0. The van der Waals surface area contributed by atoms with Crippen molar-refractivity contribution in [3.63, 3.8) is 0 Å². The van der Waals surface area contributed by atoms with E-state index in [0.717, 1.165) is 0 Å². The number of rotatable bonds is 11. The Bertz CT molecular complexity index is 161. The van der Waals surface area contributed by atoms with Crippen LogP contribution in [0.2, 0.25) is 0 Å². The van der Waals surface area contributed by atoms with Crippen molar-refractivity contribution in [2.75, 3.05) is 0 Å². The zero-order valence-corrected chi connectivity index (χ0v) is 12.3. The molecule has 0 aliphatic carbocycles. The molecule has 104 valence electrons. The zero-order chi connectivity index (χ0) is 12.1. The average Bonchev–Trinajstić information content (AvgIpc) is 2.31. The molecule has 1 heteroatoms. The summed E-state index contributed by atoms with van der Waals surface area (Å²) in [6.45, 7) is 6.67. The fourth-order valence-electron chi connectivity index (χ4n) is 2.04. The van der Waals surface area contributed by atoms with E-state index in [0.29, 0.717) is 0 Å². The maximum Gasteiger partial charge on any atom is -0.0323 e. The third-order valence-corrected chi connectivity index (χ3v) is 3.42. The maximum absolute atomic E-state index is 2.28. The minimum Gasteiger partial charge on any atom is -0.269 e. The first-order valence-electron chi connectivity index (χ1n) is 7.43. The molecule has 0 aromatic heterocycles. The minimum atomic E-state index is 0. The Kier molecular flexibility index (Phi) is 17.5. The molecule has 0 unspecified atom stereocenters. The van der Waals surface area contributed by atoms with Crippen LogP contribution in [-0.4, -0.2) is 0 Å². The summed E-state index contributed by atoms with van der Waals surface area (Å²) >= 11 is 0. The van der Waals surface area contributed by atoms with E-state index in [2.05, 4.69) is 26.8 Å². The van der Waals surface area contributed by atoms with Gasteiger partial charge in [-0.1, -0.05) is 76.4 Å². The Morgan fingerprint density at radius 1 is 0.765 bits per heavy atom. The molecule has 0 saturated heterocycles. The molecule has 0 rings (SSSR count). The fourth-order valence-corrected chi connectivity index (χ4v) is 2.04. The lowest BCUT2D eigenvalue weighted by Gasteiger charge is -2.02. The molecule has 0 heterocycles. The molecule has 0 spiro atoms. The van der Waals surface area contributed by atoms with Crippen LogP contribution in [0, 0.1) is 0 Å². The van der Waals surface area contributed by atoms with Crippen molar-refractivity contribution < 1.29 is 4.70 Å². The van der Waals surface area contributed by atoms with Crippen molar-refractivity contribution in [3.05, 3.63) is 11.6 Å². The summed E-state index contributed by atoms with van der Waals surface area (Å²) < 4.78 is 0. The van der Waals surface area contributed by atoms with Gasteiger partial charge in [-0.2, -0.15) is 0 Å². The minimum absolute atomic E-state index is 0. The van der Waals surface area contributed by atoms with Gasteiger partial charge < -0.3 is 0 Å². The Morgan fingerprint density at radius 2 is 1.18 bits per heavy atom. The SMILES string of the molecule is CC=C(C)CCCCCCCCCCCC.F. The van der Waals surface area contributed by atoms with Gasteiger partial charge in [-0.25, -0.2) is 0 Å². The van der Waals surface area contributed by atoms with Crippen LogP contribution >= 0.6 is 0 Å². The molecule has 0 aromatic rings. The van der Waals surface area contributed by atoms with E-state index in [1.807, 2.05) is 0 Å². The number of hydrogen-bond donors (Lipinski definition) is 0. The quantitative estimate of drug-likeness (QED) is 0.291. The summed E-state index contributed by atoms with van der Waals surface area (Å²) in [5.74, 6) is 0. The van der Waals surface area contributed by atoms with Gasteiger partial charge in [-0.3, -0.25) is 4.70 Å². The van der Waals surface area contributed by atoms with Gasteiger partial charge in [0.25, 0.3) is 0 Å². The Hall–Kier alpha value is -0.330. The smallest absolute Gasteiger partial charge is 0.0323 e. The standard InChI is InChI=1S/C16H32.FH/c1-4-6-7-8-9-10-11-12-13-14-15-16(3)5-2;/h5H,4,6-15H2,1-3H3;1H. The summed E-state index contributed by atoms with van der Waals surface area (Å²) in [5.41, 5.74) is 1.56. The van der Waals surface area contributed by atoms with Gasteiger partial charge in [0.2, 0.25) is 0 Å². The number of unbranched alkanes of at least 4 members (excludes halogenated alkanes) is 9. The molecule has 0 aliphatic heterocycles. The second kappa shape index (κ2) is 15.7. The van der Waals surface area contributed by atoms with Crippen LogP contribution in [0.25, 0.3) is 0 Å². The van der Waals surface area contributed by atoms with Gasteiger partial charge >= 0.3 is 0 Å². The molecule has 0 nitrogen and oxygen atoms in total. The van der Waals surface area contributed by atoms with Gasteiger partial charge in [-0.05, 0) is 26.7 Å². The maximum atomic E-state index is 2.28. The van der Waals surface area contributed by atoms with E-state index < -0.39 is 0 Å². The van der Waals surface area contributed by atoms with Crippen LogP contribution in [-0.2, 0) is 0 Å². The van der Waals surface area contributed by atoms with Crippen molar-refractivity contribution >= 4 is 0 Å². The number of allylic oxidation sites excluding steroid dienone is 2. The van der Waals surface area contributed by atoms with Gasteiger partial charge in [-0.15, -0.1) is 0 Å². The summed E-state index contributed by atoms with van der Waals surface area (Å²) in [5, 5.41) is 0. The molecule has 0 bridgehead atoms. The van der Waals surface area contributed by atoms with E-state index >= 15 is 0 Å². The Labute approximate surface area is 108 Å². The van der Waals surface area contributed by atoms with Crippen LogP contribution in [0.4, 0.5) is 4.70 Å². The lowest BCUT2D eigenvalue weighted by atomic mass is 10.0. The summed E-state index contributed by atoms with van der Waals surface area (Å²) in [7, 11) is 0. The average molecular weight is 244 g/mol. The van der Waals surface area contributed by atoms with Crippen LogP contribution in [0.1, 0.15) is 91.4 Å². The number of hydrogen-bond acceptors (Lipinski definition) is 0. The molecule has 17 heavy (non-hydrogen) atoms. The van der Waals surface area contributed by atoms with Crippen molar-refractivity contribution in [1.29, 1.82) is 0 Å². The third kappa shape index (κ3) is 15.7. The molecular weight excluding hydrogens is 211 g/mol. The Morgan fingerprint density at radius 3 is 1.59 bits per heavy atom. The highest BCUT2D eigenvalue weighted by atomic mass is 19.0. The lowest BCUT2D eigenvalue weighted by molar-refractivity contribution is 0.556. The molecule has 0 aliphatic rings. The second-order valence-electron chi connectivity index (χ2n) is 5.07. The molecule has 0 amide bonds. The van der Waals surface area contributed by atoms with Crippen LogP contribution in [0.15, 0.2) is 11.6 Å². The molecular formula is C16H33F. The van der Waals surface area contributed by atoms with Gasteiger partial charge in [0.15, 0.2) is 0 Å². The van der Waals surface area contributed by atoms with Crippen LogP contribution in [0.3, 0.4) is 0 Å². The zero-order valence-electron chi connectivity index (χ0n) is 12.3. The highest BCUT2D eigenvalue weighted by Gasteiger charge is 1.93. The largest absolute Gasteiger partial charge is 0.269 e. The molecule has 0 N–H and O–H groups in total. The topological polar surface area (TPSA) is 0 Å². The van der Waals surface area contributed by atoms with Crippen LogP contribution in [0.5, 0.6) is 0 Å². The molecule has 0 radical (unpaired) electrons. The van der Waals surface area contributed by atoms with E-state index in [1.54, 1.807) is 5.57 Å². The van der Waals surface area contributed by atoms with Crippen molar-refractivity contribution in [2.45, 2.75) is 91.4 Å². The van der Waals surface area contributed by atoms with Crippen molar-refractivity contribution in [2.24, 2.45) is 0 Å². The van der Waals surface area contributed by atoms with Gasteiger partial charge in [0.05, 0.1) is 0 Å². The third-order valence-electron chi connectivity index (χ3n) is 3.42. The van der Waals surface area contributed by atoms with E-state index in [1.165, 1.54) is 70.6 Å². The van der Waals surface area contributed by atoms with E-state index in [9.17, 15) is 0 Å². The molecule has 0 atom stereocenters. The summed E-state index contributed by atoms with van der Waals surface area (Å²) in [6, 6.07) is 0. The van der Waals surface area contributed by atoms with Crippen molar-refractivity contribution in [1.82, 2.24) is 0 Å². The highest BCUT2D eigenvalue weighted by molar-refractivity contribution is 4.94. The predicted molar refractivity (Wildman–Crippen MR) is 78.4 cm³/mol. The first-order valence-corrected chi connectivity index (χ1v) is 7.43. The van der Waals surface area contributed by atoms with Crippen molar-refractivity contribution in [3.8, 4) is 0 Å². The van der Waals surface area contributed by atoms with Gasteiger partial charge in [0, 0.05) is 0 Å². The second-order valence-corrected chi connectivity index (χ2v) is 5.07. The molecule has 0 fully saturated rings.